The van der Waals surface area contributed by atoms with Crippen molar-refractivity contribution in [3.8, 4) is 0 Å². The number of primary amides is 1. The molecule has 34 heavy (non-hydrogen) atoms. The fraction of sp³-hybridized carbons (Fsp3) is 0.0476. The number of carbonyl (C=O) groups excluding carboxylic acids is 2. The minimum atomic E-state index is -4.53. The van der Waals surface area contributed by atoms with E-state index in [2.05, 4.69) is 5.32 Å². The highest BCUT2D eigenvalue weighted by atomic mass is 35.5. The first-order chi connectivity index (χ1) is 16.0. The molecule has 10 nitrogen and oxygen atoms in total. The number of anilines is 2. The molecule has 0 aliphatic carbocycles. The van der Waals surface area contributed by atoms with Gasteiger partial charge in [-0.3, -0.25) is 24.0 Å². The zero-order valence-corrected chi connectivity index (χ0v) is 19.5. The second-order valence-electron chi connectivity index (χ2n) is 6.85. The number of benzene rings is 3. The Morgan fingerprint density at radius 2 is 1.62 bits per heavy atom. The quantitative estimate of drug-likeness (QED) is 0.338. The number of nitrogens with one attached hydrogen (secondary N) is 1. The van der Waals surface area contributed by atoms with Crippen LogP contribution in [0.4, 0.5) is 17.1 Å². The second-order valence-corrected chi connectivity index (χ2v) is 9.52. The van der Waals surface area contributed by atoms with Gasteiger partial charge in [-0.15, -0.1) is 0 Å². The van der Waals surface area contributed by atoms with Gasteiger partial charge in [-0.25, -0.2) is 8.42 Å². The zero-order chi connectivity index (χ0) is 25.0. The fourth-order valence-electron chi connectivity index (χ4n) is 2.89. The van der Waals surface area contributed by atoms with Gasteiger partial charge >= 0.3 is 0 Å². The van der Waals surface area contributed by atoms with E-state index in [0.29, 0.717) is 5.02 Å². The first kappa shape index (κ1) is 25.0. The van der Waals surface area contributed by atoms with Crippen molar-refractivity contribution in [3.05, 3.63) is 92.5 Å². The maximum Gasteiger partial charge on any atom is 0.270 e. The van der Waals surface area contributed by atoms with E-state index in [1.807, 2.05) is 0 Å². The third-order valence-corrected chi connectivity index (χ3v) is 7.06. The molecule has 0 aromatic heterocycles. The van der Waals surface area contributed by atoms with E-state index in [-0.39, 0.29) is 22.0 Å². The summed E-state index contributed by atoms with van der Waals surface area (Å²) in [6.07, 6.45) is 0. The van der Waals surface area contributed by atoms with Crippen LogP contribution in [0.1, 0.15) is 10.4 Å². The predicted molar refractivity (Wildman–Crippen MR) is 128 cm³/mol. The first-order valence-electron chi connectivity index (χ1n) is 9.41. The average Bonchev–Trinajstić information content (AvgIpc) is 2.78. The summed E-state index contributed by atoms with van der Waals surface area (Å²) < 4.78 is 27.7. The zero-order valence-electron chi connectivity index (χ0n) is 17.1. The molecular formula is C21H16Cl2N4O6S. The Hall–Kier alpha value is -3.67. The van der Waals surface area contributed by atoms with Crippen LogP contribution in [-0.2, 0) is 14.8 Å². The van der Waals surface area contributed by atoms with Gasteiger partial charge in [-0.05, 0) is 54.6 Å². The molecule has 0 bridgehead atoms. The molecular weight excluding hydrogens is 507 g/mol. The smallest absolute Gasteiger partial charge is 0.270 e. The Morgan fingerprint density at radius 1 is 1.00 bits per heavy atom. The molecule has 0 heterocycles. The van der Waals surface area contributed by atoms with E-state index in [1.54, 1.807) is 0 Å². The lowest BCUT2D eigenvalue weighted by Crippen LogP contribution is -2.38. The summed E-state index contributed by atoms with van der Waals surface area (Å²) in [5, 5.41) is 13.8. The molecule has 0 aliphatic heterocycles. The number of nitrogens with zero attached hydrogens (tertiary/aromatic N) is 2. The molecule has 0 saturated heterocycles. The van der Waals surface area contributed by atoms with Crippen LogP contribution in [0.3, 0.4) is 0 Å². The van der Waals surface area contributed by atoms with Crippen LogP contribution in [0.25, 0.3) is 0 Å². The predicted octanol–water partition coefficient (Wildman–Crippen LogP) is 3.83. The fourth-order valence-corrected chi connectivity index (χ4v) is 4.94. The summed E-state index contributed by atoms with van der Waals surface area (Å²) in [5.74, 6) is -1.38. The van der Waals surface area contributed by atoms with Gasteiger partial charge in [-0.2, -0.15) is 0 Å². The highest BCUT2D eigenvalue weighted by molar-refractivity contribution is 7.93. The Bertz CT molecular complexity index is 1360. The number of rotatable bonds is 8. The van der Waals surface area contributed by atoms with Crippen molar-refractivity contribution in [3.63, 3.8) is 0 Å². The molecule has 0 saturated carbocycles. The van der Waals surface area contributed by atoms with Crippen LogP contribution in [0.5, 0.6) is 0 Å². The lowest BCUT2D eigenvalue weighted by molar-refractivity contribution is -0.385. The molecule has 0 spiro atoms. The Morgan fingerprint density at radius 3 is 2.18 bits per heavy atom. The molecule has 0 fully saturated rings. The Labute approximate surface area is 204 Å². The first-order valence-corrected chi connectivity index (χ1v) is 11.6. The lowest BCUT2D eigenvalue weighted by atomic mass is 10.2. The van der Waals surface area contributed by atoms with Gasteiger partial charge in [-0.1, -0.05) is 23.2 Å². The molecule has 3 rings (SSSR count). The second kappa shape index (κ2) is 10.1. The van der Waals surface area contributed by atoms with E-state index in [0.717, 1.165) is 22.5 Å². The van der Waals surface area contributed by atoms with Gasteiger partial charge in [0.05, 0.1) is 15.6 Å². The number of halogens is 2. The van der Waals surface area contributed by atoms with Crippen molar-refractivity contribution in [2.24, 2.45) is 5.73 Å². The number of nitro benzene ring substituents is 1. The summed E-state index contributed by atoms with van der Waals surface area (Å²) in [6, 6.07) is 14.2. The van der Waals surface area contributed by atoms with Gasteiger partial charge in [0.2, 0.25) is 11.8 Å². The highest BCUT2D eigenvalue weighted by Gasteiger charge is 2.31. The van der Waals surface area contributed by atoms with Gasteiger partial charge in [0.1, 0.15) is 11.4 Å². The van der Waals surface area contributed by atoms with E-state index < -0.39 is 43.9 Å². The van der Waals surface area contributed by atoms with Gasteiger partial charge in [0.15, 0.2) is 0 Å². The number of nitro groups is 1. The van der Waals surface area contributed by atoms with Crippen molar-refractivity contribution in [1.82, 2.24) is 0 Å². The SMILES string of the molecule is NC(=O)c1ccc(NC(=O)CN(c2ccc(Cl)cc2)S(=O)(=O)c2cc([N+](=O)[O-])ccc2Cl)cc1. The molecule has 0 aliphatic rings. The van der Waals surface area contributed by atoms with E-state index in [1.165, 1.54) is 48.5 Å². The Balaban J connectivity index is 1.98. The molecule has 13 heteroatoms. The molecule has 0 unspecified atom stereocenters. The standard InChI is InChI=1S/C21H16Cl2N4O6S/c22-14-3-7-16(8-4-14)26(12-20(28)25-15-5-1-13(2-6-15)21(24)29)34(32,33)19-11-17(27(30)31)9-10-18(19)23/h1-11H,12H2,(H2,24,29)(H,25,28). The molecule has 3 aromatic carbocycles. The van der Waals surface area contributed by atoms with E-state index in [4.69, 9.17) is 28.9 Å². The summed E-state index contributed by atoms with van der Waals surface area (Å²) in [4.78, 5) is 33.8. The van der Waals surface area contributed by atoms with Crippen LogP contribution in [-0.4, -0.2) is 31.7 Å². The van der Waals surface area contributed by atoms with Crippen LogP contribution in [0, 0.1) is 10.1 Å². The van der Waals surface area contributed by atoms with Crippen LogP contribution in [0.2, 0.25) is 10.0 Å². The Kier molecular flexibility index (Phi) is 7.40. The topological polar surface area (TPSA) is 153 Å². The summed E-state index contributed by atoms with van der Waals surface area (Å²) >= 11 is 12.0. The van der Waals surface area contributed by atoms with Crippen molar-refractivity contribution in [1.29, 1.82) is 0 Å². The molecule has 2 amide bonds. The monoisotopic (exact) mass is 522 g/mol. The third kappa shape index (κ3) is 5.63. The van der Waals surface area contributed by atoms with Gasteiger partial charge in [0, 0.05) is 28.4 Å². The summed E-state index contributed by atoms with van der Waals surface area (Å²) in [6.45, 7) is -0.694. The molecule has 3 N–H and O–H groups in total. The minimum absolute atomic E-state index is 0.0752. The summed E-state index contributed by atoms with van der Waals surface area (Å²) in [7, 11) is -4.53. The number of hydrogen-bond donors (Lipinski definition) is 2. The molecule has 0 atom stereocenters. The van der Waals surface area contributed by atoms with Crippen LogP contribution < -0.4 is 15.4 Å². The number of amides is 2. The highest BCUT2D eigenvalue weighted by Crippen LogP contribution is 2.32. The third-order valence-electron chi connectivity index (χ3n) is 4.55. The van der Waals surface area contributed by atoms with Crippen LogP contribution >= 0.6 is 23.2 Å². The molecule has 3 aromatic rings. The van der Waals surface area contributed by atoms with Crippen molar-refractivity contribution in [2.75, 3.05) is 16.2 Å². The number of carbonyl (C=O) groups is 2. The van der Waals surface area contributed by atoms with Gasteiger partial charge < -0.3 is 11.1 Å². The molecule has 176 valence electrons. The lowest BCUT2D eigenvalue weighted by Gasteiger charge is -2.24. The van der Waals surface area contributed by atoms with Crippen molar-refractivity contribution < 1.29 is 22.9 Å². The number of hydrogen-bond acceptors (Lipinski definition) is 6. The van der Waals surface area contributed by atoms with Crippen LogP contribution in [0.15, 0.2) is 71.6 Å². The van der Waals surface area contributed by atoms with Crippen molar-refractivity contribution in [2.45, 2.75) is 4.90 Å². The minimum Gasteiger partial charge on any atom is -0.366 e. The van der Waals surface area contributed by atoms with E-state index >= 15 is 0 Å². The number of nitrogens with two attached hydrogens (primary N) is 1. The normalized spacial score (nSPS) is 11.0. The summed E-state index contributed by atoms with van der Waals surface area (Å²) in [5.41, 5.74) is 5.29. The maximum absolute atomic E-state index is 13.5. The largest absolute Gasteiger partial charge is 0.366 e. The maximum atomic E-state index is 13.5. The number of sulfonamides is 1. The van der Waals surface area contributed by atoms with E-state index in [9.17, 15) is 28.1 Å². The van der Waals surface area contributed by atoms with Crippen molar-refractivity contribution >= 4 is 62.1 Å². The molecule has 0 radical (unpaired) electrons. The number of non-ortho nitro benzene ring substituents is 1. The van der Waals surface area contributed by atoms with Gasteiger partial charge in [0.25, 0.3) is 15.7 Å². The average molecular weight is 523 g/mol.